The molecule has 0 spiro atoms. The van der Waals surface area contributed by atoms with Crippen molar-refractivity contribution in [3.8, 4) is 0 Å². The predicted octanol–water partition coefficient (Wildman–Crippen LogP) is 1.76. The first-order chi connectivity index (χ1) is 10.1. The second-order valence-corrected chi connectivity index (χ2v) is 5.20. The molecule has 2 aromatic heterocycles. The minimum atomic E-state index is -0.0845. The van der Waals surface area contributed by atoms with Gasteiger partial charge in [0.15, 0.2) is 0 Å². The number of pyridine rings is 1. The van der Waals surface area contributed by atoms with Crippen LogP contribution in [0.15, 0.2) is 36.9 Å². The van der Waals surface area contributed by atoms with Crippen molar-refractivity contribution < 1.29 is 4.79 Å². The van der Waals surface area contributed by atoms with Crippen molar-refractivity contribution in [2.75, 3.05) is 11.9 Å². The van der Waals surface area contributed by atoms with Crippen molar-refractivity contribution in [1.29, 1.82) is 0 Å². The number of nitrogens with zero attached hydrogens (tertiary/aromatic N) is 3. The summed E-state index contributed by atoms with van der Waals surface area (Å²) in [4.78, 5) is 15.8. The number of hydrogen-bond donors (Lipinski definition) is 2. The lowest BCUT2D eigenvalue weighted by Gasteiger charge is -2.21. The number of rotatable bonds is 6. The van der Waals surface area contributed by atoms with E-state index in [1.807, 2.05) is 37.0 Å². The first-order valence-electron chi connectivity index (χ1n) is 7.00. The van der Waals surface area contributed by atoms with Crippen LogP contribution in [0.1, 0.15) is 25.5 Å². The minimum Gasteiger partial charge on any atom is -0.324 e. The Bertz CT molecular complexity index is 581. The van der Waals surface area contributed by atoms with Crippen molar-refractivity contribution in [3.63, 3.8) is 0 Å². The monoisotopic (exact) mass is 287 g/mol. The number of carbonyl (C=O) groups is 1. The number of aryl methyl sites for hydroxylation is 1. The van der Waals surface area contributed by atoms with Gasteiger partial charge in [0.05, 0.1) is 30.7 Å². The van der Waals surface area contributed by atoms with Gasteiger partial charge in [0, 0.05) is 18.4 Å². The molecule has 0 aliphatic carbocycles. The summed E-state index contributed by atoms with van der Waals surface area (Å²) in [5, 5.41) is 10.3. The van der Waals surface area contributed by atoms with E-state index >= 15 is 0 Å². The summed E-state index contributed by atoms with van der Waals surface area (Å²) in [7, 11) is 0. The van der Waals surface area contributed by atoms with Crippen molar-refractivity contribution in [1.82, 2.24) is 20.1 Å². The Morgan fingerprint density at radius 2 is 2.19 bits per heavy atom. The third-order valence-electron chi connectivity index (χ3n) is 3.40. The molecule has 6 heteroatoms. The van der Waals surface area contributed by atoms with Gasteiger partial charge < -0.3 is 10.6 Å². The Morgan fingerprint density at radius 1 is 1.38 bits per heavy atom. The molecule has 2 heterocycles. The van der Waals surface area contributed by atoms with Crippen LogP contribution >= 0.6 is 0 Å². The molecule has 1 amide bonds. The van der Waals surface area contributed by atoms with Crippen LogP contribution < -0.4 is 10.6 Å². The number of hydrogen-bond acceptors (Lipinski definition) is 4. The van der Waals surface area contributed by atoms with Gasteiger partial charge in [-0.05, 0) is 38.5 Å². The van der Waals surface area contributed by atoms with Gasteiger partial charge in [0.25, 0.3) is 0 Å². The highest BCUT2D eigenvalue weighted by atomic mass is 16.1. The maximum Gasteiger partial charge on any atom is 0.238 e. The van der Waals surface area contributed by atoms with Crippen molar-refractivity contribution in [3.05, 3.63) is 42.5 Å². The summed E-state index contributed by atoms with van der Waals surface area (Å²) in [6.45, 7) is 6.37. The summed E-state index contributed by atoms with van der Waals surface area (Å²) in [6.07, 6.45) is 7.12. The molecule has 0 fully saturated rings. The topological polar surface area (TPSA) is 71.8 Å². The average molecular weight is 287 g/mol. The molecule has 2 rings (SSSR count). The van der Waals surface area contributed by atoms with E-state index in [0.29, 0.717) is 5.69 Å². The van der Waals surface area contributed by atoms with E-state index in [4.69, 9.17) is 0 Å². The summed E-state index contributed by atoms with van der Waals surface area (Å²) < 4.78 is 1.91. The Hall–Kier alpha value is -2.21. The number of aromatic nitrogens is 3. The Balaban J connectivity index is 1.80. The van der Waals surface area contributed by atoms with E-state index in [0.717, 1.165) is 5.56 Å². The van der Waals surface area contributed by atoms with Crippen LogP contribution in [-0.4, -0.2) is 33.3 Å². The summed E-state index contributed by atoms with van der Waals surface area (Å²) in [5.41, 5.74) is 1.83. The number of amides is 1. The largest absolute Gasteiger partial charge is 0.324 e. The lowest BCUT2D eigenvalue weighted by atomic mass is 10.2. The van der Waals surface area contributed by atoms with Crippen LogP contribution in [0.3, 0.4) is 0 Å². The third kappa shape index (κ3) is 4.39. The second kappa shape index (κ2) is 6.99. The number of carbonyl (C=O) groups excluding carboxylic acids is 1. The van der Waals surface area contributed by atoms with Crippen LogP contribution in [0.4, 0.5) is 5.69 Å². The average Bonchev–Trinajstić information content (AvgIpc) is 2.91. The minimum absolute atomic E-state index is 0.0845. The van der Waals surface area contributed by atoms with E-state index in [-0.39, 0.29) is 24.5 Å². The zero-order valence-corrected chi connectivity index (χ0v) is 12.6. The molecule has 0 saturated carbocycles. The van der Waals surface area contributed by atoms with Gasteiger partial charge in [-0.25, -0.2) is 0 Å². The quantitative estimate of drug-likeness (QED) is 0.849. The fourth-order valence-corrected chi connectivity index (χ4v) is 1.95. The molecule has 6 nitrogen and oxygen atoms in total. The zero-order chi connectivity index (χ0) is 15.2. The van der Waals surface area contributed by atoms with Crippen LogP contribution in [0.2, 0.25) is 0 Å². The molecule has 0 aliphatic heterocycles. The highest BCUT2D eigenvalue weighted by Crippen LogP contribution is 2.10. The number of nitrogens with one attached hydrogen (secondary N) is 2. The van der Waals surface area contributed by atoms with Gasteiger partial charge in [0.2, 0.25) is 5.91 Å². The van der Waals surface area contributed by atoms with Crippen LogP contribution in [0, 0.1) is 6.92 Å². The Kier molecular flexibility index (Phi) is 5.05. The van der Waals surface area contributed by atoms with Gasteiger partial charge in [-0.3, -0.25) is 14.5 Å². The molecule has 0 saturated heterocycles. The predicted molar refractivity (Wildman–Crippen MR) is 82.0 cm³/mol. The first-order valence-corrected chi connectivity index (χ1v) is 7.00. The van der Waals surface area contributed by atoms with Crippen molar-refractivity contribution >= 4 is 11.6 Å². The smallest absolute Gasteiger partial charge is 0.238 e. The number of anilines is 1. The molecule has 2 atom stereocenters. The van der Waals surface area contributed by atoms with Gasteiger partial charge in [-0.2, -0.15) is 5.10 Å². The lowest BCUT2D eigenvalue weighted by molar-refractivity contribution is -0.115. The molecule has 2 N–H and O–H groups in total. The van der Waals surface area contributed by atoms with E-state index < -0.39 is 0 Å². The van der Waals surface area contributed by atoms with Crippen LogP contribution in [0.25, 0.3) is 0 Å². The molecule has 0 radical (unpaired) electrons. The third-order valence-corrected chi connectivity index (χ3v) is 3.40. The van der Waals surface area contributed by atoms with Gasteiger partial charge in [-0.15, -0.1) is 0 Å². The molecule has 0 aliphatic rings. The lowest BCUT2D eigenvalue weighted by Crippen LogP contribution is -2.39. The van der Waals surface area contributed by atoms with Gasteiger partial charge in [0.1, 0.15) is 0 Å². The van der Waals surface area contributed by atoms with E-state index in [2.05, 4.69) is 27.6 Å². The maximum absolute atomic E-state index is 11.9. The standard InChI is InChI=1S/C15H21N5O/c1-11-7-18-20(10-11)13(3)12(2)17-9-15(21)19-14-5-4-6-16-8-14/h4-8,10,12-13,17H,9H2,1-3H3,(H,19,21)/t12-,13+/m1/s1. The van der Waals surface area contributed by atoms with Crippen molar-refractivity contribution in [2.24, 2.45) is 0 Å². The summed E-state index contributed by atoms with van der Waals surface area (Å²) >= 11 is 0. The molecular weight excluding hydrogens is 266 g/mol. The molecule has 21 heavy (non-hydrogen) atoms. The molecule has 2 aromatic rings. The summed E-state index contributed by atoms with van der Waals surface area (Å²) in [5.74, 6) is -0.0845. The first kappa shape index (κ1) is 15.2. The fourth-order valence-electron chi connectivity index (χ4n) is 1.95. The normalized spacial score (nSPS) is 13.7. The van der Waals surface area contributed by atoms with Crippen LogP contribution in [-0.2, 0) is 4.79 Å². The van der Waals surface area contributed by atoms with Gasteiger partial charge >= 0.3 is 0 Å². The maximum atomic E-state index is 11.9. The molecular formula is C15H21N5O. The van der Waals surface area contributed by atoms with E-state index in [1.54, 1.807) is 18.5 Å². The Morgan fingerprint density at radius 3 is 2.81 bits per heavy atom. The fraction of sp³-hybridized carbons (Fsp3) is 0.400. The molecule has 0 bridgehead atoms. The second-order valence-electron chi connectivity index (χ2n) is 5.20. The molecule has 112 valence electrons. The summed E-state index contributed by atoms with van der Waals surface area (Å²) in [6, 6.07) is 3.89. The molecule has 0 aromatic carbocycles. The highest BCUT2D eigenvalue weighted by molar-refractivity contribution is 5.92. The van der Waals surface area contributed by atoms with Gasteiger partial charge in [-0.1, -0.05) is 0 Å². The molecule has 0 unspecified atom stereocenters. The Labute approximate surface area is 124 Å². The zero-order valence-electron chi connectivity index (χ0n) is 12.6. The SMILES string of the molecule is Cc1cnn([C@@H](C)[C@@H](C)NCC(=O)Nc2cccnc2)c1. The van der Waals surface area contributed by atoms with E-state index in [1.165, 1.54) is 0 Å². The highest BCUT2D eigenvalue weighted by Gasteiger charge is 2.15. The van der Waals surface area contributed by atoms with Crippen LogP contribution in [0.5, 0.6) is 0 Å². The van der Waals surface area contributed by atoms with E-state index in [9.17, 15) is 4.79 Å². The van der Waals surface area contributed by atoms with Crippen molar-refractivity contribution in [2.45, 2.75) is 32.9 Å².